The molecule has 13 heavy (non-hydrogen) atoms. The van der Waals surface area contributed by atoms with Gasteiger partial charge < -0.3 is 23.2 Å². The molecule has 0 spiro atoms. The van der Waals surface area contributed by atoms with E-state index < -0.39 is 19.3 Å². The van der Waals surface area contributed by atoms with Crippen LogP contribution in [0.4, 0.5) is 0 Å². The molecular weight excluding hydrogens is 208 g/mol. The molecule has 0 aromatic heterocycles. The van der Waals surface area contributed by atoms with E-state index >= 15 is 0 Å². The number of hydrogen-bond donors (Lipinski definition) is 2. The smallest absolute Gasteiger partial charge is 0.309 e. The third-order valence-electron chi connectivity index (χ3n) is 1.71. The van der Waals surface area contributed by atoms with Gasteiger partial charge in [-0.2, -0.15) is 0 Å². The number of hydrogen-bond acceptors (Lipinski definition) is 5. The number of rotatable bonds is 8. The standard InChI is InChI=1S/C6H16O5Si2/c7-12-11-13(8)3-1-2-9-4-6-5-10-6/h6-8,13H,1-5,12H2. The summed E-state index contributed by atoms with van der Waals surface area (Å²) in [6, 6.07) is 0.652. The van der Waals surface area contributed by atoms with Gasteiger partial charge >= 0.3 is 9.28 Å². The Morgan fingerprint density at radius 2 is 2.38 bits per heavy atom. The largest absolute Gasteiger partial charge is 0.422 e. The third kappa shape index (κ3) is 6.32. The lowest BCUT2D eigenvalue weighted by molar-refractivity contribution is 0.116. The van der Waals surface area contributed by atoms with E-state index in [2.05, 4.69) is 0 Å². The van der Waals surface area contributed by atoms with Gasteiger partial charge in [0.15, 0.2) is 0 Å². The summed E-state index contributed by atoms with van der Waals surface area (Å²) in [4.78, 5) is 17.6. The van der Waals surface area contributed by atoms with E-state index in [0.717, 1.165) is 13.0 Å². The lowest BCUT2D eigenvalue weighted by atomic mass is 10.5. The van der Waals surface area contributed by atoms with Crippen LogP contribution >= 0.6 is 0 Å². The van der Waals surface area contributed by atoms with Crippen LogP contribution in [0.15, 0.2) is 0 Å². The van der Waals surface area contributed by atoms with Gasteiger partial charge in [0, 0.05) is 6.61 Å². The maximum absolute atomic E-state index is 9.18. The second-order valence-electron chi connectivity index (χ2n) is 2.92. The second kappa shape index (κ2) is 6.65. The van der Waals surface area contributed by atoms with Crippen LogP contribution < -0.4 is 0 Å². The first-order valence-electron chi connectivity index (χ1n) is 4.43. The minimum Gasteiger partial charge on any atom is -0.422 e. The summed E-state index contributed by atoms with van der Waals surface area (Å²) in [5.74, 6) is 0. The summed E-state index contributed by atoms with van der Waals surface area (Å²) in [5, 5.41) is 0. The minimum absolute atomic E-state index is 0.309. The van der Waals surface area contributed by atoms with Crippen molar-refractivity contribution in [3.8, 4) is 0 Å². The van der Waals surface area contributed by atoms with Gasteiger partial charge in [-0.25, -0.2) is 0 Å². The average Bonchev–Trinajstić information content (AvgIpc) is 2.88. The Morgan fingerprint density at radius 1 is 1.62 bits per heavy atom. The van der Waals surface area contributed by atoms with Gasteiger partial charge in [-0.3, -0.25) is 0 Å². The van der Waals surface area contributed by atoms with Crippen molar-refractivity contribution < 1.29 is 23.2 Å². The molecule has 1 aliphatic rings. The van der Waals surface area contributed by atoms with Crippen LogP contribution in [0.25, 0.3) is 0 Å². The van der Waals surface area contributed by atoms with Crippen LogP contribution in [-0.2, 0) is 13.6 Å². The summed E-state index contributed by atoms with van der Waals surface area (Å²) in [5.41, 5.74) is 0. The summed E-state index contributed by atoms with van der Waals surface area (Å²) < 4.78 is 15.0. The average molecular weight is 224 g/mol. The highest BCUT2D eigenvalue weighted by Crippen LogP contribution is 2.08. The monoisotopic (exact) mass is 224 g/mol. The molecule has 0 aromatic carbocycles. The Balaban J connectivity index is 1.76. The number of ether oxygens (including phenoxy) is 2. The predicted molar refractivity (Wildman–Crippen MR) is 51.2 cm³/mol. The molecule has 1 aliphatic heterocycles. The molecule has 0 bridgehead atoms. The molecule has 7 heteroatoms. The van der Waals surface area contributed by atoms with Crippen molar-refractivity contribution in [3.05, 3.63) is 0 Å². The quantitative estimate of drug-likeness (QED) is 0.284. The molecule has 2 atom stereocenters. The molecule has 1 heterocycles. The minimum atomic E-state index is -2.05. The Hall–Kier alpha value is 0.234. The van der Waals surface area contributed by atoms with Gasteiger partial charge in [0.25, 0.3) is 10.0 Å². The van der Waals surface area contributed by atoms with Crippen LogP contribution in [0.3, 0.4) is 0 Å². The van der Waals surface area contributed by atoms with Crippen LogP contribution in [0.1, 0.15) is 6.42 Å². The molecule has 2 unspecified atom stereocenters. The molecule has 0 aromatic rings. The Kier molecular flexibility index (Phi) is 5.79. The van der Waals surface area contributed by atoms with E-state index in [0.29, 0.717) is 25.4 Å². The molecule has 78 valence electrons. The Bertz CT molecular complexity index is 132. The van der Waals surface area contributed by atoms with E-state index in [-0.39, 0.29) is 0 Å². The maximum Gasteiger partial charge on any atom is 0.309 e. The SMILES string of the molecule is O[SiH2]O[SiH](O)CCCOCC1CO1. The highest BCUT2D eigenvalue weighted by Gasteiger charge is 2.22. The van der Waals surface area contributed by atoms with E-state index in [1.807, 2.05) is 0 Å². The van der Waals surface area contributed by atoms with Crippen LogP contribution in [-0.4, -0.2) is 54.8 Å². The first kappa shape index (κ1) is 11.3. The first-order valence-corrected chi connectivity index (χ1v) is 7.44. The van der Waals surface area contributed by atoms with Gasteiger partial charge in [-0.1, -0.05) is 0 Å². The van der Waals surface area contributed by atoms with Gasteiger partial charge in [-0.15, -0.1) is 0 Å². The molecular formula is C6H16O5Si2. The zero-order valence-electron chi connectivity index (χ0n) is 7.52. The van der Waals surface area contributed by atoms with Crippen molar-refractivity contribution in [3.63, 3.8) is 0 Å². The molecule has 0 amide bonds. The van der Waals surface area contributed by atoms with Gasteiger partial charge in [0.1, 0.15) is 6.10 Å². The summed E-state index contributed by atoms with van der Waals surface area (Å²) in [6.07, 6.45) is 1.11. The van der Waals surface area contributed by atoms with Crippen LogP contribution in [0, 0.1) is 0 Å². The van der Waals surface area contributed by atoms with Crippen LogP contribution in [0.2, 0.25) is 6.04 Å². The molecule has 2 N–H and O–H groups in total. The zero-order chi connectivity index (χ0) is 9.52. The van der Waals surface area contributed by atoms with Gasteiger partial charge in [0.05, 0.1) is 13.2 Å². The molecule has 5 nitrogen and oxygen atoms in total. The summed E-state index contributed by atoms with van der Waals surface area (Å²) >= 11 is 0. The fourth-order valence-corrected chi connectivity index (χ4v) is 2.78. The van der Waals surface area contributed by atoms with Crippen molar-refractivity contribution in [1.29, 1.82) is 0 Å². The highest BCUT2D eigenvalue weighted by atomic mass is 28.4. The first-order chi connectivity index (χ1) is 6.33. The van der Waals surface area contributed by atoms with Crippen molar-refractivity contribution in [2.24, 2.45) is 0 Å². The molecule has 0 radical (unpaired) electrons. The van der Waals surface area contributed by atoms with E-state index in [4.69, 9.17) is 18.4 Å². The fourth-order valence-electron chi connectivity index (χ4n) is 0.908. The predicted octanol–water partition coefficient (Wildman–Crippen LogP) is -1.99. The van der Waals surface area contributed by atoms with Gasteiger partial charge in [0.2, 0.25) is 0 Å². The lowest BCUT2D eigenvalue weighted by Crippen LogP contribution is -2.20. The summed E-state index contributed by atoms with van der Waals surface area (Å²) in [7, 11) is -3.48. The van der Waals surface area contributed by atoms with Crippen molar-refractivity contribution in [2.75, 3.05) is 19.8 Å². The summed E-state index contributed by atoms with van der Waals surface area (Å²) in [6.45, 7) is 2.12. The molecule has 1 rings (SSSR count). The van der Waals surface area contributed by atoms with Gasteiger partial charge in [-0.05, 0) is 12.5 Å². The molecule has 0 aliphatic carbocycles. The highest BCUT2D eigenvalue weighted by molar-refractivity contribution is 6.49. The van der Waals surface area contributed by atoms with E-state index in [1.54, 1.807) is 0 Å². The number of epoxide rings is 1. The zero-order valence-corrected chi connectivity index (χ0v) is 10.1. The van der Waals surface area contributed by atoms with E-state index in [1.165, 1.54) is 0 Å². The molecule has 0 saturated carbocycles. The molecule has 1 saturated heterocycles. The normalized spacial score (nSPS) is 24.0. The van der Waals surface area contributed by atoms with E-state index in [9.17, 15) is 4.80 Å². The van der Waals surface area contributed by atoms with Crippen molar-refractivity contribution in [1.82, 2.24) is 0 Å². The van der Waals surface area contributed by atoms with Crippen LogP contribution in [0.5, 0.6) is 0 Å². The lowest BCUT2D eigenvalue weighted by Gasteiger charge is -2.07. The van der Waals surface area contributed by atoms with Crippen molar-refractivity contribution >= 4 is 19.3 Å². The Labute approximate surface area is 81.5 Å². The fraction of sp³-hybridized carbons (Fsp3) is 1.00. The second-order valence-corrected chi connectivity index (χ2v) is 6.00. The topological polar surface area (TPSA) is 71.5 Å². The third-order valence-corrected chi connectivity index (χ3v) is 4.75. The maximum atomic E-state index is 9.18. The Morgan fingerprint density at radius 3 is 3.00 bits per heavy atom. The molecule has 1 fully saturated rings. The van der Waals surface area contributed by atoms with Crippen molar-refractivity contribution in [2.45, 2.75) is 18.6 Å².